The number of carbonyl (C=O) groups excluding carboxylic acids is 1. The quantitative estimate of drug-likeness (QED) is 0.663. The van der Waals surface area contributed by atoms with Gasteiger partial charge in [0.15, 0.2) is 0 Å². The molecule has 0 aliphatic carbocycles. The van der Waals surface area contributed by atoms with Gasteiger partial charge >= 0.3 is 0 Å². The van der Waals surface area contributed by atoms with Gasteiger partial charge in [-0.25, -0.2) is 0 Å². The standard InChI is InChI=1S/C21H28N4O3S.ClH/c1-13-8-15(24-23-13)9-14-11-25(12-17(14)26)20(27)19-10-16-18(29-19)2-7-28-21(16)3-5-22-6-4-21;/h8,10,14,17,22,26H,2-7,9,11-12H2,1H3,(H,23,24);1H/t14-,17+;/m1./s1. The number of aliphatic hydroxyl groups is 1. The van der Waals surface area contributed by atoms with Crippen molar-refractivity contribution in [3.8, 4) is 0 Å². The molecule has 9 heteroatoms. The molecule has 2 aromatic rings. The Kier molecular flexibility index (Phi) is 6.23. The first-order valence-corrected chi connectivity index (χ1v) is 11.3. The number of likely N-dealkylation sites (tertiary alicyclic amines) is 1. The lowest BCUT2D eigenvalue weighted by atomic mass is 9.83. The zero-order valence-electron chi connectivity index (χ0n) is 17.1. The molecule has 0 radical (unpaired) electrons. The van der Waals surface area contributed by atoms with E-state index in [-0.39, 0.29) is 29.8 Å². The number of H-pyrrole nitrogens is 1. The monoisotopic (exact) mass is 452 g/mol. The minimum Gasteiger partial charge on any atom is -0.391 e. The largest absolute Gasteiger partial charge is 0.391 e. The summed E-state index contributed by atoms with van der Waals surface area (Å²) < 4.78 is 6.25. The van der Waals surface area contributed by atoms with Crippen molar-refractivity contribution in [1.29, 1.82) is 0 Å². The van der Waals surface area contributed by atoms with Gasteiger partial charge in [0.1, 0.15) is 0 Å². The van der Waals surface area contributed by atoms with Crippen molar-refractivity contribution < 1.29 is 14.6 Å². The van der Waals surface area contributed by atoms with Crippen molar-refractivity contribution in [2.75, 3.05) is 32.8 Å². The summed E-state index contributed by atoms with van der Waals surface area (Å²) in [6.45, 7) is 5.56. The molecule has 2 atom stereocenters. The number of hydrogen-bond acceptors (Lipinski definition) is 6. The fourth-order valence-electron chi connectivity index (χ4n) is 4.99. The number of aliphatic hydroxyl groups excluding tert-OH is 1. The minimum absolute atomic E-state index is 0. The van der Waals surface area contributed by atoms with Crippen molar-refractivity contribution in [3.63, 3.8) is 0 Å². The van der Waals surface area contributed by atoms with E-state index in [0.717, 1.165) is 55.2 Å². The van der Waals surface area contributed by atoms with Crippen LogP contribution in [0.3, 0.4) is 0 Å². The van der Waals surface area contributed by atoms with Crippen LogP contribution in [0, 0.1) is 12.8 Å². The van der Waals surface area contributed by atoms with E-state index < -0.39 is 6.10 Å². The van der Waals surface area contributed by atoms with Gasteiger partial charge in [-0.15, -0.1) is 23.7 Å². The zero-order valence-corrected chi connectivity index (χ0v) is 18.8. The Labute approximate surface area is 186 Å². The van der Waals surface area contributed by atoms with Crippen LogP contribution in [-0.2, 0) is 23.2 Å². The molecule has 30 heavy (non-hydrogen) atoms. The summed E-state index contributed by atoms with van der Waals surface area (Å²) in [6.07, 6.45) is 2.96. The summed E-state index contributed by atoms with van der Waals surface area (Å²) in [5.74, 6) is 0.0589. The summed E-state index contributed by atoms with van der Waals surface area (Å²) >= 11 is 1.62. The molecule has 3 N–H and O–H groups in total. The first kappa shape index (κ1) is 21.8. The van der Waals surface area contributed by atoms with E-state index in [4.69, 9.17) is 4.74 Å². The van der Waals surface area contributed by atoms with Crippen molar-refractivity contribution in [3.05, 3.63) is 38.8 Å². The third-order valence-electron chi connectivity index (χ3n) is 6.55. The molecule has 0 aromatic carbocycles. The smallest absolute Gasteiger partial charge is 0.264 e. The number of nitrogens with zero attached hydrogens (tertiary/aromatic N) is 2. The van der Waals surface area contributed by atoms with E-state index in [1.54, 1.807) is 11.3 Å². The SMILES string of the molecule is Cc1cc(C[C@@H]2CN(C(=O)c3cc4c(s3)CCOC43CCNCC3)C[C@@H]2O)n[nH]1.Cl. The maximum Gasteiger partial charge on any atom is 0.264 e. The fraction of sp³-hybridized carbons (Fsp3) is 0.619. The van der Waals surface area contributed by atoms with Gasteiger partial charge in [-0.05, 0) is 57.0 Å². The number of piperidine rings is 1. The highest BCUT2D eigenvalue weighted by molar-refractivity contribution is 7.14. The highest BCUT2D eigenvalue weighted by atomic mass is 35.5. The number of aryl methyl sites for hydroxylation is 1. The van der Waals surface area contributed by atoms with Crippen molar-refractivity contribution >= 4 is 29.7 Å². The number of fused-ring (bicyclic) bond motifs is 2. The molecule has 3 aliphatic heterocycles. The van der Waals surface area contributed by atoms with E-state index in [9.17, 15) is 9.90 Å². The first-order valence-electron chi connectivity index (χ1n) is 10.5. The van der Waals surface area contributed by atoms with Gasteiger partial charge in [-0.2, -0.15) is 5.10 Å². The van der Waals surface area contributed by atoms with Crippen molar-refractivity contribution in [2.24, 2.45) is 5.92 Å². The Hall–Kier alpha value is -1.45. The van der Waals surface area contributed by atoms with Crippen LogP contribution in [0.2, 0.25) is 0 Å². The molecule has 1 spiro atoms. The zero-order chi connectivity index (χ0) is 20.0. The van der Waals surface area contributed by atoms with Crippen LogP contribution in [0.4, 0.5) is 0 Å². The highest BCUT2D eigenvalue weighted by Gasteiger charge is 2.42. The summed E-state index contributed by atoms with van der Waals surface area (Å²) in [5.41, 5.74) is 2.96. The Balaban J connectivity index is 0.00000218. The number of β-amino-alcohol motifs (C(OH)–C–C–N with tert-alkyl or cyclic N) is 1. The van der Waals surface area contributed by atoms with Crippen molar-refractivity contribution in [2.45, 2.75) is 44.3 Å². The van der Waals surface area contributed by atoms with E-state index in [0.29, 0.717) is 19.5 Å². The molecule has 2 aromatic heterocycles. The molecule has 0 saturated carbocycles. The third kappa shape index (κ3) is 3.91. The lowest BCUT2D eigenvalue weighted by molar-refractivity contribution is -0.0792. The Morgan fingerprint density at radius 2 is 2.17 bits per heavy atom. The molecule has 0 bridgehead atoms. The lowest BCUT2D eigenvalue weighted by Gasteiger charge is -2.40. The van der Waals surface area contributed by atoms with Crippen LogP contribution in [0.15, 0.2) is 12.1 Å². The van der Waals surface area contributed by atoms with E-state index in [2.05, 4.69) is 21.6 Å². The van der Waals surface area contributed by atoms with Gasteiger partial charge in [-0.3, -0.25) is 9.89 Å². The van der Waals surface area contributed by atoms with Crippen LogP contribution in [0.25, 0.3) is 0 Å². The average molecular weight is 453 g/mol. The normalized spacial score (nSPS) is 25.2. The van der Waals surface area contributed by atoms with Crippen molar-refractivity contribution in [1.82, 2.24) is 20.4 Å². The third-order valence-corrected chi connectivity index (χ3v) is 7.74. The maximum absolute atomic E-state index is 13.2. The van der Waals surface area contributed by atoms with Gasteiger partial charge in [0.05, 0.1) is 28.9 Å². The molecule has 2 saturated heterocycles. The molecule has 1 amide bonds. The second-order valence-electron chi connectivity index (χ2n) is 8.57. The summed E-state index contributed by atoms with van der Waals surface area (Å²) in [7, 11) is 0. The number of rotatable bonds is 3. The number of aromatic nitrogens is 2. The number of ether oxygens (including phenoxy) is 1. The van der Waals surface area contributed by atoms with Gasteiger partial charge in [0.25, 0.3) is 5.91 Å². The molecule has 3 aliphatic rings. The Morgan fingerprint density at radius 1 is 1.37 bits per heavy atom. The second kappa shape index (κ2) is 8.59. The predicted octanol–water partition coefficient (Wildman–Crippen LogP) is 2.03. The highest BCUT2D eigenvalue weighted by Crippen LogP contribution is 2.43. The first-order chi connectivity index (χ1) is 14.0. The van der Waals surface area contributed by atoms with Crippen LogP contribution < -0.4 is 5.32 Å². The average Bonchev–Trinajstić information content (AvgIpc) is 3.42. The number of aromatic amines is 1. The van der Waals surface area contributed by atoms with Crippen LogP contribution in [0.1, 0.15) is 44.3 Å². The van der Waals surface area contributed by atoms with Gasteiger partial charge < -0.3 is 20.1 Å². The number of amides is 1. The summed E-state index contributed by atoms with van der Waals surface area (Å²) in [5, 5.41) is 21.2. The fourth-order valence-corrected chi connectivity index (χ4v) is 6.19. The van der Waals surface area contributed by atoms with Crippen LogP contribution in [0.5, 0.6) is 0 Å². The molecule has 0 unspecified atom stereocenters. The van der Waals surface area contributed by atoms with Gasteiger partial charge in [0, 0.05) is 36.0 Å². The molecule has 5 heterocycles. The van der Waals surface area contributed by atoms with Gasteiger partial charge in [-0.1, -0.05) is 0 Å². The van der Waals surface area contributed by atoms with Crippen LogP contribution >= 0.6 is 23.7 Å². The summed E-state index contributed by atoms with van der Waals surface area (Å²) in [6, 6.07) is 4.08. The van der Waals surface area contributed by atoms with Gasteiger partial charge in [0.2, 0.25) is 0 Å². The second-order valence-corrected chi connectivity index (χ2v) is 9.71. The minimum atomic E-state index is -0.510. The number of halogens is 1. The van der Waals surface area contributed by atoms with E-state index >= 15 is 0 Å². The van der Waals surface area contributed by atoms with E-state index in [1.165, 1.54) is 10.4 Å². The lowest BCUT2D eigenvalue weighted by Crippen LogP contribution is -2.44. The molecule has 7 nitrogen and oxygen atoms in total. The molecule has 164 valence electrons. The predicted molar refractivity (Wildman–Crippen MR) is 117 cm³/mol. The Bertz CT molecular complexity index is 908. The number of nitrogens with one attached hydrogen (secondary N) is 2. The number of hydrogen-bond donors (Lipinski definition) is 3. The summed E-state index contributed by atoms with van der Waals surface area (Å²) in [4.78, 5) is 17.1. The molecular weight excluding hydrogens is 424 g/mol. The maximum atomic E-state index is 13.2. The number of thiophene rings is 1. The topological polar surface area (TPSA) is 90.5 Å². The molecule has 2 fully saturated rings. The van der Waals surface area contributed by atoms with Crippen LogP contribution in [-0.4, -0.2) is 65.0 Å². The Morgan fingerprint density at radius 3 is 2.90 bits per heavy atom. The number of carbonyl (C=O) groups is 1. The molecule has 5 rings (SSSR count). The van der Waals surface area contributed by atoms with E-state index in [1.807, 2.05) is 17.9 Å². The molecular formula is C21H29ClN4O3S.